The third-order valence-electron chi connectivity index (χ3n) is 4.94. The van der Waals surface area contributed by atoms with Gasteiger partial charge in [0.2, 0.25) is 0 Å². The van der Waals surface area contributed by atoms with Gasteiger partial charge in [-0.05, 0) is 17.2 Å². The number of nitrogens with zero attached hydrogens (tertiary/aromatic N) is 4. The van der Waals surface area contributed by atoms with Crippen LogP contribution >= 0.6 is 0 Å². The molecule has 2 aliphatic rings. The van der Waals surface area contributed by atoms with Crippen LogP contribution in [0.4, 0.5) is 5.82 Å². The zero-order valence-electron chi connectivity index (χ0n) is 13.4. The second-order valence-corrected chi connectivity index (χ2v) is 6.36. The minimum atomic E-state index is 0.915. The number of nitrogens with one attached hydrogen (secondary N) is 1. The van der Waals surface area contributed by atoms with Gasteiger partial charge < -0.3 is 14.8 Å². The fourth-order valence-corrected chi connectivity index (χ4v) is 3.74. The number of hydrogen-bond donors (Lipinski definition) is 1. The van der Waals surface area contributed by atoms with Crippen molar-refractivity contribution in [2.24, 2.45) is 0 Å². The quantitative estimate of drug-likeness (QED) is 0.616. The number of imidazole rings is 1. The molecule has 0 atom stereocenters. The lowest BCUT2D eigenvalue weighted by atomic mass is 10.1. The fourth-order valence-electron chi connectivity index (χ4n) is 3.74. The van der Waals surface area contributed by atoms with Gasteiger partial charge in [0.15, 0.2) is 0 Å². The van der Waals surface area contributed by atoms with E-state index in [1.165, 1.54) is 22.4 Å². The third-order valence-corrected chi connectivity index (χ3v) is 4.94. The van der Waals surface area contributed by atoms with Gasteiger partial charge >= 0.3 is 0 Å². The Morgan fingerprint density at radius 3 is 2.79 bits per heavy atom. The summed E-state index contributed by atoms with van der Waals surface area (Å²) in [5.74, 6) is 1.05. The molecule has 1 saturated heterocycles. The van der Waals surface area contributed by atoms with E-state index in [0.717, 1.165) is 44.1 Å². The average Bonchev–Trinajstić information content (AvgIpc) is 3.27. The maximum Gasteiger partial charge on any atom is 0.147 e. The smallest absolute Gasteiger partial charge is 0.147 e. The van der Waals surface area contributed by atoms with E-state index in [4.69, 9.17) is 0 Å². The lowest BCUT2D eigenvalue weighted by Gasteiger charge is -2.27. The predicted octanol–water partition coefficient (Wildman–Crippen LogP) is 2.25. The van der Waals surface area contributed by atoms with Crippen LogP contribution in [0.2, 0.25) is 0 Å². The summed E-state index contributed by atoms with van der Waals surface area (Å²) in [6.45, 7) is 4.05. The lowest BCUT2D eigenvalue weighted by molar-refractivity contribution is 0.585. The Bertz CT molecular complexity index is 892. The zero-order valence-corrected chi connectivity index (χ0v) is 13.4. The second-order valence-electron chi connectivity index (χ2n) is 6.36. The number of benzene rings is 1. The normalized spacial score (nSPS) is 16.1. The fraction of sp³-hybridized carbons (Fsp3) is 0.263. The Kier molecular flexibility index (Phi) is 3.13. The van der Waals surface area contributed by atoms with Crippen molar-refractivity contribution >= 4 is 5.82 Å². The molecule has 2 aromatic heterocycles. The Morgan fingerprint density at radius 1 is 1.00 bits per heavy atom. The first-order valence-electron chi connectivity index (χ1n) is 8.46. The van der Waals surface area contributed by atoms with Crippen LogP contribution in [-0.2, 0) is 6.42 Å². The van der Waals surface area contributed by atoms with Gasteiger partial charge in [0.25, 0.3) is 0 Å². The molecule has 0 spiro atoms. The van der Waals surface area contributed by atoms with Crippen molar-refractivity contribution < 1.29 is 0 Å². The molecular weight excluding hydrogens is 298 g/mol. The van der Waals surface area contributed by atoms with Crippen LogP contribution in [0, 0.1) is 0 Å². The number of rotatable bonds is 2. The minimum absolute atomic E-state index is 0.915. The van der Waals surface area contributed by atoms with Crippen molar-refractivity contribution in [1.29, 1.82) is 0 Å². The van der Waals surface area contributed by atoms with E-state index in [2.05, 4.69) is 61.3 Å². The SMILES string of the molecule is c1ccc2c(c1)Cc1nccc(-n3cnc(N4CCNCC4)c3)c1-2. The number of hydrogen-bond acceptors (Lipinski definition) is 4. The molecule has 0 saturated carbocycles. The Morgan fingerprint density at radius 2 is 1.88 bits per heavy atom. The summed E-state index contributed by atoms with van der Waals surface area (Å²) in [5, 5.41) is 3.38. The Labute approximate surface area is 141 Å². The monoisotopic (exact) mass is 317 g/mol. The van der Waals surface area contributed by atoms with E-state index >= 15 is 0 Å². The molecule has 0 unspecified atom stereocenters. The number of anilines is 1. The molecule has 5 nitrogen and oxygen atoms in total. The van der Waals surface area contributed by atoms with Gasteiger partial charge in [-0.2, -0.15) is 0 Å². The molecule has 3 aromatic rings. The summed E-state index contributed by atoms with van der Waals surface area (Å²) in [6, 6.07) is 10.7. The van der Waals surface area contributed by atoms with Crippen molar-refractivity contribution in [3.05, 3.63) is 60.3 Å². The summed E-state index contributed by atoms with van der Waals surface area (Å²) in [6.07, 6.45) is 6.89. The first-order chi connectivity index (χ1) is 11.9. The van der Waals surface area contributed by atoms with Crippen LogP contribution in [0.25, 0.3) is 16.8 Å². The van der Waals surface area contributed by atoms with Crippen molar-refractivity contribution in [3.8, 4) is 16.8 Å². The molecule has 5 heteroatoms. The molecule has 0 radical (unpaired) electrons. The van der Waals surface area contributed by atoms with Crippen molar-refractivity contribution in [2.45, 2.75) is 6.42 Å². The zero-order chi connectivity index (χ0) is 15.9. The topological polar surface area (TPSA) is 46.0 Å². The van der Waals surface area contributed by atoms with Crippen LogP contribution in [0.3, 0.4) is 0 Å². The molecule has 1 aliphatic carbocycles. The molecule has 24 heavy (non-hydrogen) atoms. The summed E-state index contributed by atoms with van der Waals surface area (Å²) >= 11 is 0. The summed E-state index contributed by atoms with van der Waals surface area (Å²) in [7, 11) is 0. The summed E-state index contributed by atoms with van der Waals surface area (Å²) < 4.78 is 2.14. The van der Waals surface area contributed by atoms with Crippen molar-refractivity contribution in [3.63, 3.8) is 0 Å². The van der Waals surface area contributed by atoms with Crippen LogP contribution in [0.1, 0.15) is 11.3 Å². The highest BCUT2D eigenvalue weighted by molar-refractivity contribution is 5.82. The first kappa shape index (κ1) is 13.7. The third kappa shape index (κ3) is 2.12. The average molecular weight is 317 g/mol. The first-order valence-corrected chi connectivity index (χ1v) is 8.46. The predicted molar refractivity (Wildman–Crippen MR) is 94.7 cm³/mol. The maximum absolute atomic E-state index is 4.64. The molecular formula is C19H19N5. The molecule has 1 fully saturated rings. The van der Waals surface area contributed by atoms with Crippen LogP contribution in [0.15, 0.2) is 49.1 Å². The van der Waals surface area contributed by atoms with E-state index in [1.54, 1.807) is 0 Å². The Balaban J connectivity index is 1.58. The highest BCUT2D eigenvalue weighted by atomic mass is 15.3. The van der Waals surface area contributed by atoms with E-state index in [1.807, 2.05) is 12.5 Å². The van der Waals surface area contributed by atoms with Gasteiger partial charge in [-0.15, -0.1) is 0 Å². The molecule has 120 valence electrons. The van der Waals surface area contributed by atoms with E-state index in [9.17, 15) is 0 Å². The van der Waals surface area contributed by atoms with Crippen LogP contribution in [-0.4, -0.2) is 40.7 Å². The van der Waals surface area contributed by atoms with Gasteiger partial charge in [0, 0.05) is 44.4 Å². The summed E-state index contributed by atoms with van der Waals surface area (Å²) in [5.41, 5.74) is 6.23. The number of pyridine rings is 1. The van der Waals surface area contributed by atoms with Crippen LogP contribution < -0.4 is 10.2 Å². The number of aromatic nitrogens is 3. The summed E-state index contributed by atoms with van der Waals surface area (Å²) in [4.78, 5) is 11.6. The highest BCUT2D eigenvalue weighted by Crippen LogP contribution is 2.39. The van der Waals surface area contributed by atoms with Gasteiger partial charge in [-0.3, -0.25) is 4.98 Å². The van der Waals surface area contributed by atoms with Gasteiger partial charge in [-0.25, -0.2) is 4.98 Å². The van der Waals surface area contributed by atoms with E-state index < -0.39 is 0 Å². The molecule has 5 rings (SSSR count). The van der Waals surface area contributed by atoms with Gasteiger partial charge in [0.05, 0.1) is 17.6 Å². The molecule has 3 heterocycles. The van der Waals surface area contributed by atoms with Gasteiger partial charge in [0.1, 0.15) is 12.1 Å². The lowest BCUT2D eigenvalue weighted by Crippen LogP contribution is -2.43. The van der Waals surface area contributed by atoms with Crippen LogP contribution in [0.5, 0.6) is 0 Å². The van der Waals surface area contributed by atoms with E-state index in [0.29, 0.717) is 0 Å². The molecule has 1 aliphatic heterocycles. The standard InChI is InChI=1S/C19H19N5/c1-2-4-15-14(3-1)11-16-19(15)17(5-6-21-16)24-12-18(22-13-24)23-9-7-20-8-10-23/h1-6,12-13,20H,7-11H2. The van der Waals surface area contributed by atoms with Crippen molar-refractivity contribution in [1.82, 2.24) is 19.9 Å². The second kappa shape index (κ2) is 5.46. The molecule has 1 N–H and O–H groups in total. The molecule has 0 amide bonds. The number of fused-ring (bicyclic) bond motifs is 3. The minimum Gasteiger partial charge on any atom is -0.353 e. The van der Waals surface area contributed by atoms with Crippen molar-refractivity contribution in [2.75, 3.05) is 31.1 Å². The molecule has 0 bridgehead atoms. The Hall–Kier alpha value is -2.66. The highest BCUT2D eigenvalue weighted by Gasteiger charge is 2.23. The van der Waals surface area contributed by atoms with Gasteiger partial charge in [-0.1, -0.05) is 24.3 Å². The number of piperazine rings is 1. The largest absolute Gasteiger partial charge is 0.353 e. The van der Waals surface area contributed by atoms with E-state index in [-0.39, 0.29) is 0 Å². The maximum atomic E-state index is 4.64. The molecule has 1 aromatic carbocycles.